The molecule has 1 saturated heterocycles. The second-order valence-electron chi connectivity index (χ2n) is 7.71. The largest absolute Gasteiger partial charge is 0.459 e. The van der Waals surface area contributed by atoms with Crippen LogP contribution in [-0.4, -0.2) is 88.1 Å². The Labute approximate surface area is 190 Å². The van der Waals surface area contributed by atoms with Crippen molar-refractivity contribution in [1.82, 2.24) is 4.90 Å². The molecule has 0 saturated carbocycles. The van der Waals surface area contributed by atoms with Gasteiger partial charge in [-0.3, -0.25) is 4.79 Å². The standard InChI is InChI=1S/C24H35NO7/c1-2-31-24-20(8-12-28-16-17-30-15-11-26)21(19-6-4-3-5-7-19)18-22(32-24)23(27)25-9-13-29-14-10-25/h3-7,18,20-21,24,26H,2,8-17H2,1H3/t20-,21-,24-/m1/s1. The van der Waals surface area contributed by atoms with Crippen LogP contribution in [0.3, 0.4) is 0 Å². The molecule has 1 aromatic carbocycles. The van der Waals surface area contributed by atoms with E-state index in [1.807, 2.05) is 31.2 Å². The van der Waals surface area contributed by atoms with Gasteiger partial charge in [-0.25, -0.2) is 0 Å². The second kappa shape index (κ2) is 13.5. The molecular weight excluding hydrogens is 414 g/mol. The maximum atomic E-state index is 13.1. The SMILES string of the molecule is CCO[C@@H]1OC(C(=O)N2CCOCC2)=C[C@H](c2ccccc2)[C@H]1CCOCCOCCO. The summed E-state index contributed by atoms with van der Waals surface area (Å²) in [4.78, 5) is 14.9. The molecule has 3 rings (SSSR count). The van der Waals surface area contributed by atoms with Crippen LogP contribution >= 0.6 is 0 Å². The molecule has 0 bridgehead atoms. The molecule has 8 heteroatoms. The smallest absolute Gasteiger partial charge is 0.288 e. The lowest BCUT2D eigenvalue weighted by Gasteiger charge is -2.38. The monoisotopic (exact) mass is 449 g/mol. The van der Waals surface area contributed by atoms with Crippen LogP contribution < -0.4 is 0 Å². The number of rotatable bonds is 12. The molecule has 0 radical (unpaired) electrons. The van der Waals surface area contributed by atoms with Crippen molar-refractivity contribution in [1.29, 1.82) is 0 Å². The number of carbonyl (C=O) groups excluding carboxylic acids is 1. The fourth-order valence-electron chi connectivity index (χ4n) is 4.01. The van der Waals surface area contributed by atoms with Crippen LogP contribution in [-0.2, 0) is 28.5 Å². The van der Waals surface area contributed by atoms with Crippen LogP contribution in [0.15, 0.2) is 42.2 Å². The Morgan fingerprint density at radius 3 is 2.50 bits per heavy atom. The molecule has 0 spiro atoms. The summed E-state index contributed by atoms with van der Waals surface area (Å²) in [7, 11) is 0. The lowest BCUT2D eigenvalue weighted by molar-refractivity contribution is -0.173. The molecular formula is C24H35NO7. The molecule has 32 heavy (non-hydrogen) atoms. The predicted octanol–water partition coefficient (Wildman–Crippen LogP) is 1.94. The van der Waals surface area contributed by atoms with Crippen molar-refractivity contribution >= 4 is 5.91 Å². The fourth-order valence-corrected chi connectivity index (χ4v) is 4.01. The molecule has 2 aliphatic rings. The number of aliphatic hydroxyl groups is 1. The Kier molecular flexibility index (Phi) is 10.4. The molecule has 0 unspecified atom stereocenters. The number of hydrogen-bond donors (Lipinski definition) is 1. The maximum Gasteiger partial charge on any atom is 0.288 e. The van der Waals surface area contributed by atoms with E-state index in [2.05, 4.69) is 12.1 Å². The number of allylic oxidation sites excluding steroid dienone is 1. The highest BCUT2D eigenvalue weighted by atomic mass is 16.7. The number of ether oxygens (including phenoxy) is 5. The van der Waals surface area contributed by atoms with Crippen LogP contribution in [0.5, 0.6) is 0 Å². The summed E-state index contributed by atoms with van der Waals surface area (Å²) in [6.45, 7) is 6.34. The van der Waals surface area contributed by atoms with Crippen LogP contribution in [0.2, 0.25) is 0 Å². The van der Waals surface area contributed by atoms with Crippen molar-refractivity contribution < 1.29 is 33.6 Å². The van der Waals surface area contributed by atoms with E-state index < -0.39 is 6.29 Å². The first kappa shape index (κ1) is 24.7. The number of hydrogen-bond acceptors (Lipinski definition) is 7. The number of amides is 1. The van der Waals surface area contributed by atoms with Gasteiger partial charge in [-0.15, -0.1) is 0 Å². The maximum absolute atomic E-state index is 13.1. The summed E-state index contributed by atoms with van der Waals surface area (Å²) >= 11 is 0. The van der Waals surface area contributed by atoms with E-state index in [1.54, 1.807) is 4.90 Å². The molecule has 8 nitrogen and oxygen atoms in total. The van der Waals surface area contributed by atoms with Gasteiger partial charge in [0.15, 0.2) is 5.76 Å². The van der Waals surface area contributed by atoms with E-state index in [-0.39, 0.29) is 24.3 Å². The first-order chi connectivity index (χ1) is 15.7. The van der Waals surface area contributed by atoms with Crippen LogP contribution in [0.25, 0.3) is 0 Å². The Hall–Kier alpha value is -1.97. The van der Waals surface area contributed by atoms with Crippen LogP contribution in [0.1, 0.15) is 24.8 Å². The molecule has 3 atom stereocenters. The minimum absolute atomic E-state index is 0.00282. The normalized spacial score (nSPS) is 23.5. The summed E-state index contributed by atoms with van der Waals surface area (Å²) in [5.74, 6) is 0.191. The number of nitrogens with zero attached hydrogens (tertiary/aromatic N) is 1. The summed E-state index contributed by atoms with van der Waals surface area (Å²) < 4.78 is 28.4. The van der Waals surface area contributed by atoms with E-state index in [4.69, 9.17) is 28.8 Å². The van der Waals surface area contributed by atoms with Crippen LogP contribution in [0, 0.1) is 5.92 Å². The minimum Gasteiger partial charge on any atom is -0.459 e. The van der Waals surface area contributed by atoms with Crippen molar-refractivity contribution in [3.8, 4) is 0 Å². The highest BCUT2D eigenvalue weighted by molar-refractivity contribution is 5.92. The highest BCUT2D eigenvalue weighted by Gasteiger charge is 2.39. The average Bonchev–Trinajstić information content (AvgIpc) is 2.84. The fraction of sp³-hybridized carbons (Fsp3) is 0.625. The average molecular weight is 450 g/mol. The van der Waals surface area contributed by atoms with Crippen molar-refractivity contribution in [2.24, 2.45) is 5.92 Å². The van der Waals surface area contributed by atoms with Gasteiger partial charge in [-0.2, -0.15) is 0 Å². The van der Waals surface area contributed by atoms with Crippen molar-refractivity contribution in [3.63, 3.8) is 0 Å². The zero-order chi connectivity index (χ0) is 22.6. The van der Waals surface area contributed by atoms with Gasteiger partial charge in [0, 0.05) is 38.1 Å². The third kappa shape index (κ3) is 7.02. The van der Waals surface area contributed by atoms with E-state index in [0.29, 0.717) is 71.5 Å². The topological polar surface area (TPSA) is 86.7 Å². The first-order valence-electron chi connectivity index (χ1n) is 11.4. The third-order valence-electron chi connectivity index (χ3n) is 5.61. The molecule has 2 aliphatic heterocycles. The molecule has 178 valence electrons. The third-order valence-corrected chi connectivity index (χ3v) is 5.61. The first-order valence-corrected chi connectivity index (χ1v) is 11.4. The number of aliphatic hydroxyl groups excluding tert-OH is 1. The summed E-state index contributed by atoms with van der Waals surface area (Å²) in [5, 5.41) is 8.77. The molecule has 1 aromatic rings. The van der Waals surface area contributed by atoms with Gasteiger partial charge in [0.2, 0.25) is 6.29 Å². The van der Waals surface area contributed by atoms with Crippen LogP contribution in [0.4, 0.5) is 0 Å². The Morgan fingerprint density at radius 2 is 1.81 bits per heavy atom. The summed E-state index contributed by atoms with van der Waals surface area (Å²) in [5.41, 5.74) is 1.11. The van der Waals surface area contributed by atoms with Gasteiger partial charge in [0.05, 0.1) is 39.6 Å². The molecule has 2 heterocycles. The highest BCUT2D eigenvalue weighted by Crippen LogP contribution is 2.39. The van der Waals surface area contributed by atoms with E-state index in [9.17, 15) is 4.79 Å². The minimum atomic E-state index is -0.538. The molecule has 1 N–H and O–H groups in total. The number of carbonyl (C=O) groups is 1. The van der Waals surface area contributed by atoms with Gasteiger partial charge >= 0.3 is 0 Å². The lowest BCUT2D eigenvalue weighted by atomic mass is 9.81. The Bertz CT molecular complexity index is 706. The van der Waals surface area contributed by atoms with Crippen molar-refractivity contribution in [2.75, 3.05) is 65.9 Å². The van der Waals surface area contributed by atoms with E-state index in [1.165, 1.54) is 0 Å². The Balaban J connectivity index is 1.73. The van der Waals surface area contributed by atoms with Crippen molar-refractivity contribution in [3.05, 3.63) is 47.7 Å². The van der Waals surface area contributed by atoms with Gasteiger partial charge < -0.3 is 33.7 Å². The lowest BCUT2D eigenvalue weighted by Crippen LogP contribution is -2.44. The second-order valence-corrected chi connectivity index (χ2v) is 7.71. The number of benzene rings is 1. The van der Waals surface area contributed by atoms with Gasteiger partial charge in [-0.05, 0) is 25.0 Å². The summed E-state index contributed by atoms with van der Waals surface area (Å²) in [6, 6.07) is 10.1. The molecule has 0 aromatic heterocycles. The summed E-state index contributed by atoms with van der Waals surface area (Å²) in [6.07, 6.45) is 2.11. The van der Waals surface area contributed by atoms with Crippen molar-refractivity contribution in [2.45, 2.75) is 25.6 Å². The predicted molar refractivity (Wildman–Crippen MR) is 118 cm³/mol. The molecule has 1 amide bonds. The van der Waals surface area contributed by atoms with E-state index >= 15 is 0 Å². The molecule has 1 fully saturated rings. The zero-order valence-electron chi connectivity index (χ0n) is 18.8. The van der Waals surface area contributed by atoms with Gasteiger partial charge in [-0.1, -0.05) is 30.3 Å². The quantitative estimate of drug-likeness (QED) is 0.488. The molecule has 0 aliphatic carbocycles. The van der Waals surface area contributed by atoms with Gasteiger partial charge in [0.25, 0.3) is 5.91 Å². The van der Waals surface area contributed by atoms with E-state index in [0.717, 1.165) is 5.56 Å². The Morgan fingerprint density at radius 1 is 1.09 bits per heavy atom. The number of morpholine rings is 1. The zero-order valence-corrected chi connectivity index (χ0v) is 18.8. The van der Waals surface area contributed by atoms with Gasteiger partial charge in [0.1, 0.15) is 0 Å².